The van der Waals surface area contributed by atoms with Gasteiger partial charge >= 0.3 is 0 Å². The van der Waals surface area contributed by atoms with Gasteiger partial charge in [-0.1, -0.05) is 133 Å². The van der Waals surface area contributed by atoms with Crippen LogP contribution in [0.4, 0.5) is 0 Å². The maximum absolute atomic E-state index is 5.21. The van der Waals surface area contributed by atoms with Gasteiger partial charge in [-0.2, -0.15) is 0 Å². The van der Waals surface area contributed by atoms with Gasteiger partial charge in [0.1, 0.15) is 0 Å². The fourth-order valence-electron chi connectivity index (χ4n) is 9.19. The molecule has 4 nitrogen and oxygen atoms in total. The molecular weight excluding hydrogens is 693 g/mol. The zero-order valence-electron chi connectivity index (χ0n) is 30.9. The van der Waals surface area contributed by atoms with Gasteiger partial charge in [0.15, 0.2) is 0 Å². The van der Waals surface area contributed by atoms with Gasteiger partial charge in [0.25, 0.3) is 0 Å². The minimum absolute atomic E-state index is 0.944. The molecule has 4 aromatic heterocycles. The number of benzene rings is 8. The van der Waals surface area contributed by atoms with Crippen LogP contribution in [0.25, 0.3) is 105 Å². The number of para-hydroxylation sites is 4. The maximum Gasteiger partial charge on any atom is 0.0730 e. The second-order valence-electron chi connectivity index (χ2n) is 14.8. The normalized spacial score (nSPS) is 11.9. The summed E-state index contributed by atoms with van der Waals surface area (Å²) in [6.07, 6.45) is 0. The van der Waals surface area contributed by atoms with Crippen molar-refractivity contribution in [3.05, 3.63) is 206 Å². The third-order valence-electron chi connectivity index (χ3n) is 11.6. The van der Waals surface area contributed by atoms with E-state index in [1.807, 2.05) is 0 Å². The van der Waals surface area contributed by atoms with Gasteiger partial charge < -0.3 is 13.7 Å². The van der Waals surface area contributed by atoms with Crippen LogP contribution < -0.4 is 0 Å². The summed E-state index contributed by atoms with van der Waals surface area (Å²) in [4.78, 5) is 5.21. The SMILES string of the molecule is c1ccc(-c2cc(-n3c4ccccc4c4c5c6ccccc6n(-c6ccc7c(c6)c6ccccc6n7-c6ccccc6)c5ccc43)cc(-c3ccccc3)n2)cc1. The number of rotatable bonds is 5. The molecule has 0 unspecified atom stereocenters. The van der Waals surface area contributed by atoms with Crippen molar-refractivity contribution in [1.29, 1.82) is 0 Å². The summed E-state index contributed by atoms with van der Waals surface area (Å²) in [5.74, 6) is 0. The Morgan fingerprint density at radius 2 is 0.667 bits per heavy atom. The van der Waals surface area contributed by atoms with Gasteiger partial charge in [-0.3, -0.25) is 0 Å². The lowest BCUT2D eigenvalue weighted by Crippen LogP contribution is -1.98. The van der Waals surface area contributed by atoms with Crippen molar-refractivity contribution in [3.8, 4) is 39.6 Å². The average molecular weight is 727 g/mol. The summed E-state index contributed by atoms with van der Waals surface area (Å²) in [6, 6.07) is 74.2. The van der Waals surface area contributed by atoms with Gasteiger partial charge in [0, 0.05) is 54.8 Å². The second kappa shape index (κ2) is 12.4. The minimum atomic E-state index is 0.944. The first kappa shape index (κ1) is 31.6. The average Bonchev–Trinajstić information content (AvgIpc) is 3.92. The first-order chi connectivity index (χ1) is 28.3. The Morgan fingerprint density at radius 1 is 0.263 bits per heavy atom. The van der Waals surface area contributed by atoms with Crippen LogP contribution in [0.2, 0.25) is 0 Å². The van der Waals surface area contributed by atoms with Crippen LogP contribution in [-0.2, 0) is 0 Å². The molecule has 0 amide bonds. The Balaban J connectivity index is 1.14. The quantitative estimate of drug-likeness (QED) is 0.174. The topological polar surface area (TPSA) is 27.7 Å². The molecule has 4 heteroatoms. The Kier molecular flexibility index (Phi) is 6.89. The van der Waals surface area contributed by atoms with Crippen LogP contribution >= 0.6 is 0 Å². The lowest BCUT2D eigenvalue weighted by atomic mass is 10.1. The molecular formula is C53H34N4. The van der Waals surface area contributed by atoms with E-state index < -0.39 is 0 Å². The molecule has 57 heavy (non-hydrogen) atoms. The largest absolute Gasteiger partial charge is 0.309 e. The van der Waals surface area contributed by atoms with Gasteiger partial charge in [-0.05, 0) is 72.8 Å². The molecule has 4 heterocycles. The zero-order chi connectivity index (χ0) is 37.5. The van der Waals surface area contributed by atoms with Crippen LogP contribution in [-0.4, -0.2) is 18.7 Å². The van der Waals surface area contributed by atoms with E-state index in [1.54, 1.807) is 0 Å². The van der Waals surface area contributed by atoms with Gasteiger partial charge in [-0.25, -0.2) is 4.98 Å². The Labute approximate surface area is 328 Å². The molecule has 0 aliphatic carbocycles. The van der Waals surface area contributed by atoms with E-state index in [4.69, 9.17) is 4.98 Å². The molecule has 0 saturated carbocycles. The van der Waals surface area contributed by atoms with Gasteiger partial charge in [0.05, 0.1) is 50.2 Å². The van der Waals surface area contributed by atoms with Crippen molar-refractivity contribution in [2.24, 2.45) is 0 Å². The number of aromatic nitrogens is 4. The van der Waals surface area contributed by atoms with Crippen LogP contribution in [0.15, 0.2) is 206 Å². The molecule has 266 valence electrons. The van der Waals surface area contributed by atoms with Crippen molar-refractivity contribution in [1.82, 2.24) is 18.7 Å². The van der Waals surface area contributed by atoms with Crippen molar-refractivity contribution in [2.45, 2.75) is 0 Å². The standard InChI is InChI=1S/C53H34N4/c1-4-16-35(17-5-1)44-33-39(34-45(54-44)36-18-6-2-7-19-36)57-48-27-15-12-24-42(48)53-51(57)31-30-50-52(53)41-23-11-14-26-47(41)56(50)38-28-29-49-43(32-38)40-22-10-13-25-46(40)55(49)37-20-8-3-9-21-37/h1-34H. The summed E-state index contributed by atoms with van der Waals surface area (Å²) in [5.41, 5.74) is 14.5. The fourth-order valence-corrected chi connectivity index (χ4v) is 9.19. The monoisotopic (exact) mass is 726 g/mol. The first-order valence-electron chi connectivity index (χ1n) is 19.5. The molecule has 0 saturated heterocycles. The smallest absolute Gasteiger partial charge is 0.0730 e. The van der Waals surface area contributed by atoms with Crippen LogP contribution in [0.3, 0.4) is 0 Å². The van der Waals surface area contributed by atoms with Gasteiger partial charge in [-0.15, -0.1) is 0 Å². The molecule has 0 aliphatic heterocycles. The number of hydrogen-bond donors (Lipinski definition) is 0. The summed E-state index contributed by atoms with van der Waals surface area (Å²) in [7, 11) is 0. The molecule has 0 atom stereocenters. The highest BCUT2D eigenvalue weighted by Gasteiger charge is 2.22. The predicted octanol–water partition coefficient (Wildman–Crippen LogP) is 13.7. The number of nitrogens with zero attached hydrogens (tertiary/aromatic N) is 4. The molecule has 0 N–H and O–H groups in total. The maximum atomic E-state index is 5.21. The van der Waals surface area contributed by atoms with Crippen molar-refractivity contribution < 1.29 is 0 Å². The van der Waals surface area contributed by atoms with Crippen molar-refractivity contribution >= 4 is 65.4 Å². The van der Waals surface area contributed by atoms with Crippen molar-refractivity contribution in [3.63, 3.8) is 0 Å². The molecule has 0 spiro atoms. The third kappa shape index (κ3) is 4.77. The molecule has 0 radical (unpaired) electrons. The molecule has 12 rings (SSSR count). The fraction of sp³-hybridized carbons (Fsp3) is 0. The van der Waals surface area contributed by atoms with Gasteiger partial charge in [0.2, 0.25) is 0 Å². The summed E-state index contributed by atoms with van der Waals surface area (Å²) < 4.78 is 7.27. The molecule has 8 aromatic carbocycles. The number of hydrogen-bond acceptors (Lipinski definition) is 1. The zero-order valence-corrected chi connectivity index (χ0v) is 30.9. The molecule has 0 bridgehead atoms. The van der Waals surface area contributed by atoms with E-state index in [-0.39, 0.29) is 0 Å². The van der Waals surface area contributed by atoms with E-state index in [2.05, 4.69) is 220 Å². The Hall–Kier alpha value is -7.69. The predicted molar refractivity (Wildman–Crippen MR) is 238 cm³/mol. The number of pyridine rings is 1. The summed E-state index contributed by atoms with van der Waals surface area (Å²) >= 11 is 0. The van der Waals surface area contributed by atoms with E-state index in [0.29, 0.717) is 0 Å². The van der Waals surface area contributed by atoms with Crippen LogP contribution in [0.5, 0.6) is 0 Å². The van der Waals surface area contributed by atoms with Crippen molar-refractivity contribution in [2.75, 3.05) is 0 Å². The third-order valence-corrected chi connectivity index (χ3v) is 11.6. The molecule has 0 aliphatic rings. The lowest BCUT2D eigenvalue weighted by molar-refractivity contribution is 1.16. The number of fused-ring (bicyclic) bond motifs is 10. The second-order valence-corrected chi connectivity index (χ2v) is 14.8. The summed E-state index contributed by atoms with van der Waals surface area (Å²) in [6.45, 7) is 0. The Bertz CT molecular complexity index is 3440. The first-order valence-corrected chi connectivity index (χ1v) is 19.5. The van der Waals surface area contributed by atoms with E-state index in [1.165, 1.54) is 54.4 Å². The van der Waals surface area contributed by atoms with E-state index in [9.17, 15) is 0 Å². The van der Waals surface area contributed by atoms with E-state index >= 15 is 0 Å². The van der Waals surface area contributed by atoms with Crippen LogP contribution in [0.1, 0.15) is 0 Å². The molecule has 0 fully saturated rings. The Morgan fingerprint density at radius 3 is 1.23 bits per heavy atom. The highest BCUT2D eigenvalue weighted by atomic mass is 15.0. The molecule has 12 aromatic rings. The lowest BCUT2D eigenvalue weighted by Gasteiger charge is -2.13. The highest BCUT2D eigenvalue weighted by Crippen LogP contribution is 2.44. The van der Waals surface area contributed by atoms with E-state index in [0.717, 1.165) is 50.6 Å². The van der Waals surface area contributed by atoms with Crippen LogP contribution in [0, 0.1) is 0 Å². The minimum Gasteiger partial charge on any atom is -0.309 e. The summed E-state index contributed by atoms with van der Waals surface area (Å²) in [5, 5.41) is 7.44. The highest BCUT2D eigenvalue weighted by molar-refractivity contribution is 6.29.